The van der Waals surface area contributed by atoms with E-state index in [4.69, 9.17) is 10.8 Å². The van der Waals surface area contributed by atoms with Gasteiger partial charge in [0.05, 0.1) is 4.92 Å². The first-order valence-electron chi connectivity index (χ1n) is 5.72. The lowest BCUT2D eigenvalue weighted by atomic mass is 9.95. The number of aromatic nitrogens is 1. The van der Waals surface area contributed by atoms with Crippen LogP contribution in [0.1, 0.15) is 26.7 Å². The van der Waals surface area contributed by atoms with Crippen molar-refractivity contribution in [3.63, 3.8) is 0 Å². The largest absolute Gasteiger partial charge is 0.396 e. The van der Waals surface area contributed by atoms with Crippen molar-refractivity contribution in [3.05, 3.63) is 22.2 Å². The second-order valence-corrected chi connectivity index (χ2v) is 4.37. The zero-order chi connectivity index (χ0) is 13.8. The van der Waals surface area contributed by atoms with Gasteiger partial charge in [-0.2, -0.15) is 0 Å². The molecule has 18 heavy (non-hydrogen) atoms. The second kappa shape index (κ2) is 5.63. The number of nitrogen functional groups attached to an aromatic ring is 1. The summed E-state index contributed by atoms with van der Waals surface area (Å²) >= 11 is 0. The molecular formula is C11H18N4O3. The Morgan fingerprint density at radius 1 is 1.61 bits per heavy atom. The average molecular weight is 254 g/mol. The Hall–Kier alpha value is -1.89. The van der Waals surface area contributed by atoms with Crippen LogP contribution in [0.5, 0.6) is 0 Å². The molecule has 0 radical (unpaired) electrons. The fraction of sp³-hybridized carbons (Fsp3) is 0.545. The first kappa shape index (κ1) is 14.2. The van der Waals surface area contributed by atoms with E-state index in [2.05, 4.69) is 10.3 Å². The normalized spacial score (nSPS) is 13.9. The maximum absolute atomic E-state index is 10.6. The summed E-state index contributed by atoms with van der Waals surface area (Å²) in [6, 6.07) is 2.83. The number of hydrogen-bond acceptors (Lipinski definition) is 6. The fourth-order valence-electron chi connectivity index (χ4n) is 1.58. The van der Waals surface area contributed by atoms with Crippen LogP contribution in [-0.4, -0.2) is 27.2 Å². The first-order chi connectivity index (χ1) is 8.41. The number of rotatable bonds is 6. The number of anilines is 2. The minimum absolute atomic E-state index is 0.0554. The standard InChI is InChI=1S/C11H18N4O3/c1-3-11(2,6-7-16)14-9-5-4-8(15(17)18)10(12)13-9/h4-5,16H,3,6-7H2,1-2H3,(H3,12,13,14). The quantitative estimate of drug-likeness (QED) is 0.524. The number of aliphatic hydroxyl groups excluding tert-OH is 1. The van der Waals surface area contributed by atoms with Crippen molar-refractivity contribution in [1.82, 2.24) is 4.98 Å². The number of pyridine rings is 1. The molecule has 1 aromatic rings. The van der Waals surface area contributed by atoms with Gasteiger partial charge >= 0.3 is 5.69 Å². The van der Waals surface area contributed by atoms with Crippen LogP contribution < -0.4 is 11.1 Å². The number of nitrogens with one attached hydrogen (secondary N) is 1. The molecule has 7 heteroatoms. The van der Waals surface area contributed by atoms with Crippen LogP contribution in [0.4, 0.5) is 17.3 Å². The summed E-state index contributed by atoms with van der Waals surface area (Å²) in [5, 5.41) is 22.8. The number of nitrogens with zero attached hydrogens (tertiary/aromatic N) is 2. The minimum atomic E-state index is -0.571. The van der Waals surface area contributed by atoms with Crippen LogP contribution in [0.25, 0.3) is 0 Å². The van der Waals surface area contributed by atoms with Crippen molar-refractivity contribution >= 4 is 17.3 Å². The van der Waals surface area contributed by atoms with E-state index in [-0.39, 0.29) is 23.7 Å². The Labute approximate surface area is 105 Å². The van der Waals surface area contributed by atoms with Gasteiger partial charge in [0.15, 0.2) is 0 Å². The highest BCUT2D eigenvalue weighted by Crippen LogP contribution is 2.25. The van der Waals surface area contributed by atoms with Crippen molar-refractivity contribution in [2.45, 2.75) is 32.2 Å². The van der Waals surface area contributed by atoms with Gasteiger partial charge in [-0.15, -0.1) is 0 Å². The van der Waals surface area contributed by atoms with Crippen LogP contribution in [-0.2, 0) is 0 Å². The molecule has 1 aromatic heterocycles. The van der Waals surface area contributed by atoms with Crippen LogP contribution >= 0.6 is 0 Å². The molecule has 0 aromatic carbocycles. The van der Waals surface area contributed by atoms with E-state index in [0.29, 0.717) is 12.2 Å². The SMILES string of the molecule is CCC(C)(CCO)Nc1ccc([N+](=O)[O-])c(N)n1. The summed E-state index contributed by atoms with van der Waals surface area (Å²) < 4.78 is 0. The van der Waals surface area contributed by atoms with E-state index in [1.807, 2.05) is 13.8 Å². The van der Waals surface area contributed by atoms with E-state index in [1.54, 1.807) is 0 Å². The summed E-state index contributed by atoms with van der Waals surface area (Å²) in [7, 11) is 0. The zero-order valence-electron chi connectivity index (χ0n) is 10.5. The summed E-state index contributed by atoms with van der Waals surface area (Å²) in [4.78, 5) is 14.0. The molecule has 1 rings (SSSR count). The molecule has 1 unspecified atom stereocenters. The van der Waals surface area contributed by atoms with Crippen LogP contribution in [0.2, 0.25) is 0 Å². The summed E-state index contributed by atoms with van der Waals surface area (Å²) in [5.74, 6) is 0.350. The maximum Gasteiger partial charge on any atom is 0.311 e. The van der Waals surface area contributed by atoms with Gasteiger partial charge in [0, 0.05) is 18.2 Å². The van der Waals surface area contributed by atoms with Crippen LogP contribution in [0, 0.1) is 10.1 Å². The highest BCUT2D eigenvalue weighted by molar-refractivity contribution is 5.57. The molecule has 0 saturated carbocycles. The van der Waals surface area contributed by atoms with Crippen LogP contribution in [0.3, 0.4) is 0 Å². The molecule has 1 atom stereocenters. The molecule has 0 aliphatic rings. The molecule has 0 aliphatic heterocycles. The molecule has 0 bridgehead atoms. The lowest BCUT2D eigenvalue weighted by Gasteiger charge is -2.29. The van der Waals surface area contributed by atoms with Crippen molar-refractivity contribution < 1.29 is 10.0 Å². The lowest BCUT2D eigenvalue weighted by molar-refractivity contribution is -0.384. The zero-order valence-corrected chi connectivity index (χ0v) is 10.5. The molecule has 100 valence electrons. The molecule has 4 N–H and O–H groups in total. The second-order valence-electron chi connectivity index (χ2n) is 4.37. The summed E-state index contributed by atoms with van der Waals surface area (Å²) in [5.41, 5.74) is 4.99. The summed E-state index contributed by atoms with van der Waals surface area (Å²) in [6.07, 6.45) is 1.34. The van der Waals surface area contributed by atoms with Gasteiger partial charge in [-0.3, -0.25) is 10.1 Å². The smallest absolute Gasteiger partial charge is 0.311 e. The molecule has 1 heterocycles. The third kappa shape index (κ3) is 3.30. The third-order valence-corrected chi connectivity index (χ3v) is 2.97. The van der Waals surface area contributed by atoms with Crippen molar-refractivity contribution in [2.75, 3.05) is 17.7 Å². The number of aliphatic hydroxyl groups is 1. The Bertz CT molecular complexity index is 438. The van der Waals surface area contributed by atoms with Crippen molar-refractivity contribution in [3.8, 4) is 0 Å². The predicted octanol–water partition coefficient (Wildman–Crippen LogP) is 1.53. The maximum atomic E-state index is 10.6. The van der Waals surface area contributed by atoms with E-state index < -0.39 is 4.92 Å². The molecule has 0 saturated heterocycles. The van der Waals surface area contributed by atoms with Crippen molar-refractivity contribution in [2.24, 2.45) is 0 Å². The Morgan fingerprint density at radius 2 is 2.28 bits per heavy atom. The topological polar surface area (TPSA) is 114 Å². The predicted molar refractivity (Wildman–Crippen MR) is 69.3 cm³/mol. The fourth-order valence-corrected chi connectivity index (χ4v) is 1.58. The van der Waals surface area contributed by atoms with Crippen molar-refractivity contribution in [1.29, 1.82) is 0 Å². The van der Waals surface area contributed by atoms with Gasteiger partial charge in [-0.25, -0.2) is 4.98 Å². The Kier molecular flexibility index (Phi) is 4.43. The molecule has 0 spiro atoms. The number of hydrogen-bond donors (Lipinski definition) is 3. The highest BCUT2D eigenvalue weighted by Gasteiger charge is 2.22. The lowest BCUT2D eigenvalue weighted by Crippen LogP contribution is -2.35. The van der Waals surface area contributed by atoms with E-state index >= 15 is 0 Å². The monoisotopic (exact) mass is 254 g/mol. The Balaban J connectivity index is 2.92. The van der Waals surface area contributed by atoms with E-state index in [9.17, 15) is 10.1 Å². The van der Waals surface area contributed by atoms with Gasteiger partial charge in [-0.05, 0) is 25.8 Å². The molecule has 0 aliphatic carbocycles. The van der Waals surface area contributed by atoms with Crippen LogP contribution in [0.15, 0.2) is 12.1 Å². The number of nitrogens with two attached hydrogens (primary N) is 1. The Morgan fingerprint density at radius 3 is 2.72 bits per heavy atom. The van der Waals surface area contributed by atoms with Gasteiger partial charge in [0.2, 0.25) is 5.82 Å². The average Bonchev–Trinajstić information content (AvgIpc) is 2.28. The first-order valence-corrected chi connectivity index (χ1v) is 5.72. The van der Waals surface area contributed by atoms with Gasteiger partial charge < -0.3 is 16.2 Å². The number of nitro groups is 1. The third-order valence-electron chi connectivity index (χ3n) is 2.97. The highest BCUT2D eigenvalue weighted by atomic mass is 16.6. The molecule has 7 nitrogen and oxygen atoms in total. The molecule has 0 fully saturated rings. The van der Waals surface area contributed by atoms with Gasteiger partial charge in [0.1, 0.15) is 5.82 Å². The molecule has 0 amide bonds. The minimum Gasteiger partial charge on any atom is -0.396 e. The summed E-state index contributed by atoms with van der Waals surface area (Å²) in [6.45, 7) is 3.99. The van der Waals surface area contributed by atoms with Gasteiger partial charge in [0.25, 0.3) is 0 Å². The van der Waals surface area contributed by atoms with E-state index in [0.717, 1.165) is 6.42 Å². The van der Waals surface area contributed by atoms with Gasteiger partial charge in [-0.1, -0.05) is 6.92 Å². The molecular weight excluding hydrogens is 236 g/mol. The van der Waals surface area contributed by atoms with E-state index in [1.165, 1.54) is 12.1 Å².